The van der Waals surface area contributed by atoms with Gasteiger partial charge in [-0.05, 0) is 85.0 Å². The number of benzene rings is 1. The molecule has 4 fully saturated rings. The molecule has 0 nitrogen and oxygen atoms in total. The molecule has 4 aliphatic rings. The van der Waals surface area contributed by atoms with Gasteiger partial charge < -0.3 is 0 Å². The van der Waals surface area contributed by atoms with E-state index in [9.17, 15) is 0 Å². The van der Waals surface area contributed by atoms with Gasteiger partial charge in [0.25, 0.3) is 0 Å². The topological polar surface area (TPSA) is 0 Å². The lowest BCUT2D eigenvalue weighted by Gasteiger charge is -2.58. The zero-order valence-corrected chi connectivity index (χ0v) is 15.4. The highest BCUT2D eigenvalue weighted by Crippen LogP contribution is 2.66. The highest BCUT2D eigenvalue weighted by molar-refractivity contribution is 5.25. The maximum atomic E-state index is 2.67. The molecular formula is C24H34. The van der Waals surface area contributed by atoms with Crippen LogP contribution in [0.5, 0.6) is 0 Å². The molecular weight excluding hydrogens is 288 g/mol. The average molecular weight is 323 g/mol. The van der Waals surface area contributed by atoms with Crippen LogP contribution in [0.2, 0.25) is 0 Å². The summed E-state index contributed by atoms with van der Waals surface area (Å²) >= 11 is 0. The van der Waals surface area contributed by atoms with Crippen molar-refractivity contribution < 1.29 is 0 Å². The molecule has 130 valence electrons. The highest BCUT2D eigenvalue weighted by atomic mass is 14.6. The van der Waals surface area contributed by atoms with Crippen LogP contribution in [0.4, 0.5) is 0 Å². The van der Waals surface area contributed by atoms with Crippen LogP contribution in [0.1, 0.15) is 82.6 Å². The fourth-order valence-electron chi connectivity index (χ4n) is 8.04. The van der Waals surface area contributed by atoms with Crippen LogP contribution >= 0.6 is 0 Å². The van der Waals surface area contributed by atoms with E-state index in [1.807, 2.05) is 0 Å². The van der Waals surface area contributed by atoms with Crippen molar-refractivity contribution in [3.05, 3.63) is 35.9 Å². The van der Waals surface area contributed by atoms with Gasteiger partial charge in [-0.1, -0.05) is 62.9 Å². The summed E-state index contributed by atoms with van der Waals surface area (Å²) in [5.41, 5.74) is 2.24. The summed E-state index contributed by atoms with van der Waals surface area (Å²) in [6, 6.07) is 11.6. The van der Waals surface area contributed by atoms with Crippen molar-refractivity contribution in [3.63, 3.8) is 0 Å². The van der Waals surface area contributed by atoms with Crippen molar-refractivity contribution in [1.29, 1.82) is 0 Å². The molecule has 1 aromatic rings. The fraction of sp³-hybridized carbons (Fsp3) is 0.750. The number of hydrogen-bond acceptors (Lipinski definition) is 0. The minimum absolute atomic E-state index is 0.587. The summed E-state index contributed by atoms with van der Waals surface area (Å²) in [4.78, 5) is 0. The van der Waals surface area contributed by atoms with Gasteiger partial charge in [0.2, 0.25) is 0 Å². The van der Waals surface area contributed by atoms with Gasteiger partial charge >= 0.3 is 0 Å². The smallest absolute Gasteiger partial charge is 0.0102 e. The van der Waals surface area contributed by atoms with Gasteiger partial charge in [-0.25, -0.2) is 0 Å². The van der Waals surface area contributed by atoms with Crippen LogP contribution in [0.15, 0.2) is 30.3 Å². The second-order valence-electron chi connectivity index (χ2n) is 9.82. The minimum Gasteiger partial charge on any atom is -0.0622 e. The molecule has 0 amide bonds. The molecule has 5 rings (SSSR count). The molecule has 0 N–H and O–H groups in total. The Morgan fingerprint density at radius 1 is 0.792 bits per heavy atom. The van der Waals surface area contributed by atoms with E-state index in [0.717, 1.165) is 35.5 Å². The first-order valence-electron chi connectivity index (χ1n) is 10.8. The third kappa shape index (κ3) is 2.24. The van der Waals surface area contributed by atoms with Gasteiger partial charge in [-0.3, -0.25) is 0 Å². The van der Waals surface area contributed by atoms with E-state index in [2.05, 4.69) is 37.3 Å². The third-order valence-electron chi connectivity index (χ3n) is 9.04. The van der Waals surface area contributed by atoms with Gasteiger partial charge in [-0.2, -0.15) is 0 Å². The second kappa shape index (κ2) is 5.89. The van der Waals surface area contributed by atoms with E-state index in [1.54, 1.807) is 31.2 Å². The Morgan fingerprint density at radius 2 is 1.62 bits per heavy atom. The van der Waals surface area contributed by atoms with Gasteiger partial charge in [0.05, 0.1) is 0 Å². The van der Waals surface area contributed by atoms with Crippen molar-refractivity contribution in [1.82, 2.24) is 0 Å². The predicted molar refractivity (Wildman–Crippen MR) is 101 cm³/mol. The predicted octanol–water partition coefficient (Wildman–Crippen LogP) is 6.81. The van der Waals surface area contributed by atoms with Gasteiger partial charge in [0.15, 0.2) is 0 Å². The molecule has 4 aliphatic carbocycles. The van der Waals surface area contributed by atoms with Gasteiger partial charge in [-0.15, -0.1) is 0 Å². The first kappa shape index (κ1) is 15.5. The Bertz CT molecular complexity index is 575. The summed E-state index contributed by atoms with van der Waals surface area (Å²) in [6.07, 6.45) is 15.3. The molecule has 0 radical (unpaired) electrons. The first-order valence-corrected chi connectivity index (χ1v) is 10.8. The van der Waals surface area contributed by atoms with E-state index >= 15 is 0 Å². The normalized spacial score (nSPS) is 47.5. The van der Waals surface area contributed by atoms with E-state index in [4.69, 9.17) is 0 Å². The van der Waals surface area contributed by atoms with Crippen LogP contribution in [0.25, 0.3) is 0 Å². The zero-order chi connectivity index (χ0) is 16.1. The molecule has 24 heavy (non-hydrogen) atoms. The van der Waals surface area contributed by atoms with Crippen LogP contribution in [0, 0.1) is 35.0 Å². The van der Waals surface area contributed by atoms with E-state index < -0.39 is 0 Å². The quantitative estimate of drug-likeness (QED) is 0.532. The van der Waals surface area contributed by atoms with Crippen molar-refractivity contribution in [3.8, 4) is 0 Å². The zero-order valence-electron chi connectivity index (χ0n) is 15.4. The monoisotopic (exact) mass is 322 g/mol. The summed E-state index contributed by atoms with van der Waals surface area (Å²) in [6.45, 7) is 2.67. The molecule has 0 aliphatic heterocycles. The average Bonchev–Trinajstić information content (AvgIpc) is 3.04. The highest BCUT2D eigenvalue weighted by Gasteiger charge is 2.57. The number of rotatable bonds is 1. The van der Waals surface area contributed by atoms with E-state index in [1.165, 1.54) is 38.5 Å². The lowest BCUT2D eigenvalue weighted by Crippen LogP contribution is -2.49. The second-order valence-corrected chi connectivity index (χ2v) is 9.82. The lowest BCUT2D eigenvalue weighted by molar-refractivity contribution is -0.0625. The Labute approximate surface area is 148 Å². The molecule has 1 aromatic carbocycles. The fourth-order valence-corrected chi connectivity index (χ4v) is 8.04. The largest absolute Gasteiger partial charge is 0.0622 e. The number of hydrogen-bond donors (Lipinski definition) is 0. The molecule has 2 unspecified atom stereocenters. The molecule has 0 heterocycles. The maximum absolute atomic E-state index is 2.67. The SMILES string of the molecule is C[C@@]12CCC[C@H]1[C@@H]1CCC3CCCC[C@@H]3[C@H]1CC2c1ccccc1. The van der Waals surface area contributed by atoms with Crippen molar-refractivity contribution in [2.24, 2.45) is 35.0 Å². The molecule has 0 spiro atoms. The first-order chi connectivity index (χ1) is 11.8. The summed E-state index contributed by atoms with van der Waals surface area (Å²) in [7, 11) is 0. The molecule has 4 saturated carbocycles. The van der Waals surface area contributed by atoms with Gasteiger partial charge in [0, 0.05) is 0 Å². The van der Waals surface area contributed by atoms with Crippen LogP contribution in [-0.2, 0) is 0 Å². The molecule has 7 atom stereocenters. The van der Waals surface area contributed by atoms with Crippen LogP contribution < -0.4 is 0 Å². The maximum Gasteiger partial charge on any atom is -0.0102 e. The van der Waals surface area contributed by atoms with E-state index in [-0.39, 0.29) is 0 Å². The van der Waals surface area contributed by atoms with Crippen molar-refractivity contribution >= 4 is 0 Å². The molecule has 0 aromatic heterocycles. The Kier molecular flexibility index (Phi) is 3.80. The minimum atomic E-state index is 0.587. The van der Waals surface area contributed by atoms with E-state index in [0.29, 0.717) is 5.41 Å². The van der Waals surface area contributed by atoms with Gasteiger partial charge in [0.1, 0.15) is 0 Å². The van der Waals surface area contributed by atoms with Crippen molar-refractivity contribution in [2.45, 2.75) is 77.0 Å². The van der Waals surface area contributed by atoms with Crippen molar-refractivity contribution in [2.75, 3.05) is 0 Å². The molecule has 0 heteroatoms. The summed E-state index contributed by atoms with van der Waals surface area (Å²) in [5, 5.41) is 0. The summed E-state index contributed by atoms with van der Waals surface area (Å²) in [5.74, 6) is 6.12. The van der Waals surface area contributed by atoms with Crippen LogP contribution in [0.3, 0.4) is 0 Å². The standard InChI is InChI=1S/C24H34/c1-24-15-7-12-22(24)20-14-13-17-8-5-6-11-19(17)21(20)16-23(24)18-9-3-2-4-10-18/h2-4,9-10,17,19-23H,5-8,11-16H2,1H3/t17?,19-,20+,21+,22-,23?,24+/m0/s1. The third-order valence-corrected chi connectivity index (χ3v) is 9.04. The number of fused-ring (bicyclic) bond motifs is 5. The lowest BCUT2D eigenvalue weighted by atomic mass is 9.47. The molecule has 0 saturated heterocycles. The summed E-state index contributed by atoms with van der Waals surface area (Å²) < 4.78 is 0. The molecule has 0 bridgehead atoms. The Balaban J connectivity index is 1.52. The van der Waals surface area contributed by atoms with Crippen LogP contribution in [-0.4, -0.2) is 0 Å². The Hall–Kier alpha value is -0.780. The Morgan fingerprint density at radius 3 is 2.50 bits per heavy atom.